The van der Waals surface area contributed by atoms with E-state index in [0.717, 1.165) is 19.0 Å². The summed E-state index contributed by atoms with van der Waals surface area (Å²) >= 11 is 0. The molecule has 2 heterocycles. The molecular formula is C10H18N4. The van der Waals surface area contributed by atoms with Gasteiger partial charge in [-0.05, 0) is 26.9 Å². The lowest BCUT2D eigenvalue weighted by Gasteiger charge is -2.26. The van der Waals surface area contributed by atoms with Crippen molar-refractivity contribution in [3.8, 4) is 0 Å². The molecule has 1 aromatic heterocycles. The van der Waals surface area contributed by atoms with Crippen molar-refractivity contribution in [1.29, 1.82) is 0 Å². The first-order valence-electron chi connectivity index (χ1n) is 5.18. The Kier molecular flexibility index (Phi) is 2.72. The molecule has 1 N–H and O–H groups in total. The average molecular weight is 194 g/mol. The third-order valence-corrected chi connectivity index (χ3v) is 2.71. The maximum absolute atomic E-state index is 4.31. The van der Waals surface area contributed by atoms with Crippen LogP contribution in [0.1, 0.15) is 12.8 Å². The lowest BCUT2D eigenvalue weighted by molar-refractivity contribution is 0.371. The van der Waals surface area contributed by atoms with Crippen LogP contribution >= 0.6 is 0 Å². The molecule has 4 heteroatoms. The Morgan fingerprint density at radius 2 is 2.50 bits per heavy atom. The standard InChI is InChI=1S/C10H18N4/c1-13(2)8-9-4-3-7-14(9)10-11-5-6-12-10/h5-6,9H,3-4,7-8H2,1-2H3,(H,11,12). The van der Waals surface area contributed by atoms with E-state index in [4.69, 9.17) is 0 Å². The smallest absolute Gasteiger partial charge is 0.203 e. The summed E-state index contributed by atoms with van der Waals surface area (Å²) in [6.45, 7) is 2.24. The fourth-order valence-corrected chi connectivity index (χ4v) is 2.14. The van der Waals surface area contributed by atoms with Crippen molar-refractivity contribution in [1.82, 2.24) is 14.9 Å². The van der Waals surface area contributed by atoms with Crippen molar-refractivity contribution < 1.29 is 0 Å². The number of rotatable bonds is 3. The van der Waals surface area contributed by atoms with Crippen molar-refractivity contribution in [2.24, 2.45) is 0 Å². The Morgan fingerprint density at radius 1 is 1.64 bits per heavy atom. The maximum Gasteiger partial charge on any atom is 0.203 e. The van der Waals surface area contributed by atoms with Crippen LogP contribution in [0.15, 0.2) is 12.4 Å². The zero-order valence-corrected chi connectivity index (χ0v) is 8.90. The Labute approximate surface area is 84.9 Å². The van der Waals surface area contributed by atoms with Crippen LogP contribution in [0.4, 0.5) is 5.95 Å². The molecule has 1 atom stereocenters. The highest BCUT2D eigenvalue weighted by atomic mass is 15.3. The number of hydrogen-bond acceptors (Lipinski definition) is 3. The second-order valence-corrected chi connectivity index (χ2v) is 4.16. The molecule has 14 heavy (non-hydrogen) atoms. The zero-order chi connectivity index (χ0) is 9.97. The van der Waals surface area contributed by atoms with E-state index in [2.05, 4.69) is 33.9 Å². The molecule has 2 rings (SSSR count). The van der Waals surface area contributed by atoms with Gasteiger partial charge in [0, 0.05) is 31.5 Å². The lowest BCUT2D eigenvalue weighted by atomic mass is 10.2. The van der Waals surface area contributed by atoms with Crippen molar-refractivity contribution in [3.63, 3.8) is 0 Å². The Bertz CT molecular complexity index is 268. The molecule has 1 aliphatic rings. The van der Waals surface area contributed by atoms with E-state index >= 15 is 0 Å². The lowest BCUT2D eigenvalue weighted by Crippen LogP contribution is -2.38. The summed E-state index contributed by atoms with van der Waals surface area (Å²) in [5.41, 5.74) is 0. The molecule has 78 valence electrons. The minimum Gasteiger partial charge on any atom is -0.338 e. The fraction of sp³-hybridized carbons (Fsp3) is 0.700. The summed E-state index contributed by atoms with van der Waals surface area (Å²) in [6.07, 6.45) is 6.26. The van der Waals surface area contributed by atoms with Gasteiger partial charge in [0.05, 0.1) is 0 Å². The van der Waals surface area contributed by atoms with Crippen molar-refractivity contribution in [2.45, 2.75) is 18.9 Å². The fourth-order valence-electron chi connectivity index (χ4n) is 2.14. The summed E-state index contributed by atoms with van der Waals surface area (Å²) in [7, 11) is 4.25. The molecule has 1 saturated heterocycles. The van der Waals surface area contributed by atoms with Gasteiger partial charge in [-0.25, -0.2) is 4.98 Å². The second kappa shape index (κ2) is 4.00. The number of H-pyrrole nitrogens is 1. The van der Waals surface area contributed by atoms with Crippen molar-refractivity contribution >= 4 is 5.95 Å². The Balaban J connectivity index is 2.04. The monoisotopic (exact) mass is 194 g/mol. The molecule has 0 aromatic carbocycles. The number of aromatic amines is 1. The van der Waals surface area contributed by atoms with Crippen LogP contribution in [-0.2, 0) is 0 Å². The molecule has 0 saturated carbocycles. The Hall–Kier alpha value is -1.03. The van der Waals surface area contributed by atoms with Crippen molar-refractivity contribution in [2.75, 3.05) is 32.1 Å². The van der Waals surface area contributed by atoms with Gasteiger partial charge < -0.3 is 14.8 Å². The van der Waals surface area contributed by atoms with Gasteiger partial charge in [-0.2, -0.15) is 0 Å². The average Bonchev–Trinajstić information content (AvgIpc) is 2.70. The largest absolute Gasteiger partial charge is 0.338 e. The summed E-state index contributed by atoms with van der Waals surface area (Å²) in [6, 6.07) is 0.621. The summed E-state index contributed by atoms with van der Waals surface area (Å²) < 4.78 is 0. The molecule has 0 spiro atoms. The molecule has 0 radical (unpaired) electrons. The van der Waals surface area contributed by atoms with Crippen LogP contribution in [0.5, 0.6) is 0 Å². The molecule has 0 aliphatic carbocycles. The van der Waals surface area contributed by atoms with Crippen LogP contribution in [0.25, 0.3) is 0 Å². The first-order valence-corrected chi connectivity index (χ1v) is 5.18. The second-order valence-electron chi connectivity index (χ2n) is 4.16. The minimum absolute atomic E-state index is 0.621. The zero-order valence-electron chi connectivity index (χ0n) is 8.90. The molecule has 1 aromatic rings. The molecule has 1 fully saturated rings. The third kappa shape index (κ3) is 1.90. The van der Waals surface area contributed by atoms with Gasteiger partial charge in [-0.1, -0.05) is 0 Å². The summed E-state index contributed by atoms with van der Waals surface area (Å²) in [5, 5.41) is 0. The normalized spacial score (nSPS) is 22.2. The molecule has 1 unspecified atom stereocenters. The van der Waals surface area contributed by atoms with Gasteiger partial charge >= 0.3 is 0 Å². The number of likely N-dealkylation sites (N-methyl/N-ethyl adjacent to an activating group) is 1. The first-order chi connectivity index (χ1) is 6.77. The first kappa shape index (κ1) is 9.52. The number of imidazole rings is 1. The highest BCUT2D eigenvalue weighted by molar-refractivity contribution is 5.32. The number of nitrogens with zero attached hydrogens (tertiary/aromatic N) is 3. The topological polar surface area (TPSA) is 35.2 Å². The van der Waals surface area contributed by atoms with E-state index in [1.54, 1.807) is 0 Å². The number of nitrogens with one attached hydrogen (secondary N) is 1. The number of hydrogen-bond donors (Lipinski definition) is 1. The van der Waals surface area contributed by atoms with Gasteiger partial charge in [0.1, 0.15) is 0 Å². The van der Waals surface area contributed by atoms with Gasteiger partial charge in [0.2, 0.25) is 5.95 Å². The van der Waals surface area contributed by atoms with Gasteiger partial charge in [0.25, 0.3) is 0 Å². The predicted octanol–water partition coefficient (Wildman–Crippen LogP) is 0.940. The summed E-state index contributed by atoms with van der Waals surface area (Å²) in [4.78, 5) is 12.1. The van der Waals surface area contributed by atoms with Crippen LogP contribution in [0.3, 0.4) is 0 Å². The highest BCUT2D eigenvalue weighted by Crippen LogP contribution is 2.22. The van der Waals surface area contributed by atoms with Crippen molar-refractivity contribution in [3.05, 3.63) is 12.4 Å². The van der Waals surface area contributed by atoms with Crippen LogP contribution < -0.4 is 4.90 Å². The molecule has 0 bridgehead atoms. The van der Waals surface area contributed by atoms with Crippen LogP contribution in [0.2, 0.25) is 0 Å². The minimum atomic E-state index is 0.621. The van der Waals surface area contributed by atoms with Crippen LogP contribution in [-0.4, -0.2) is 48.1 Å². The Morgan fingerprint density at radius 3 is 3.14 bits per heavy atom. The maximum atomic E-state index is 4.31. The molecular weight excluding hydrogens is 176 g/mol. The predicted molar refractivity (Wildman–Crippen MR) is 57.5 cm³/mol. The van der Waals surface area contributed by atoms with E-state index in [0.29, 0.717) is 6.04 Å². The number of aromatic nitrogens is 2. The van der Waals surface area contributed by atoms with E-state index in [9.17, 15) is 0 Å². The van der Waals surface area contributed by atoms with E-state index < -0.39 is 0 Å². The van der Waals surface area contributed by atoms with Gasteiger partial charge in [0.15, 0.2) is 0 Å². The van der Waals surface area contributed by atoms with Gasteiger partial charge in [-0.3, -0.25) is 0 Å². The van der Waals surface area contributed by atoms with E-state index in [1.165, 1.54) is 12.8 Å². The quantitative estimate of drug-likeness (QED) is 0.777. The molecule has 1 aliphatic heterocycles. The number of anilines is 1. The molecule has 4 nitrogen and oxygen atoms in total. The summed E-state index contributed by atoms with van der Waals surface area (Å²) in [5.74, 6) is 1.02. The van der Waals surface area contributed by atoms with Crippen LogP contribution in [0, 0.1) is 0 Å². The SMILES string of the molecule is CN(C)CC1CCCN1c1ncc[nH]1. The highest BCUT2D eigenvalue weighted by Gasteiger charge is 2.26. The molecule has 0 amide bonds. The third-order valence-electron chi connectivity index (χ3n) is 2.71. The van der Waals surface area contributed by atoms with E-state index in [-0.39, 0.29) is 0 Å². The van der Waals surface area contributed by atoms with E-state index in [1.807, 2.05) is 12.4 Å². The van der Waals surface area contributed by atoms with Gasteiger partial charge in [-0.15, -0.1) is 0 Å².